The third kappa shape index (κ3) is 2.15. The minimum atomic E-state index is -0.0939. The molecule has 0 saturated heterocycles. The Bertz CT molecular complexity index is 512. The van der Waals surface area contributed by atoms with Crippen LogP contribution < -0.4 is 0 Å². The van der Waals surface area contributed by atoms with Gasteiger partial charge in [0.1, 0.15) is 12.9 Å². The van der Waals surface area contributed by atoms with Gasteiger partial charge in [0.2, 0.25) is 0 Å². The van der Waals surface area contributed by atoms with E-state index < -0.39 is 0 Å². The number of hydrogen-bond donors (Lipinski definition) is 1. The molecule has 1 N–H and O–H groups in total. The van der Waals surface area contributed by atoms with Crippen LogP contribution in [0.4, 0.5) is 0 Å². The fourth-order valence-corrected chi connectivity index (χ4v) is 2.53. The molecule has 0 atom stereocenters. The van der Waals surface area contributed by atoms with Gasteiger partial charge in [-0.05, 0) is 18.9 Å². The van der Waals surface area contributed by atoms with Gasteiger partial charge in [-0.3, -0.25) is 4.68 Å². The van der Waals surface area contributed by atoms with Crippen LogP contribution in [0.25, 0.3) is 0 Å². The Hall–Kier alpha value is -1.69. The highest BCUT2D eigenvalue weighted by Crippen LogP contribution is 2.28. The topological polar surface area (TPSA) is 68.8 Å². The Morgan fingerprint density at radius 2 is 2.17 bits per heavy atom. The van der Waals surface area contributed by atoms with Crippen LogP contribution >= 0.6 is 0 Å². The van der Waals surface area contributed by atoms with Crippen molar-refractivity contribution in [3.05, 3.63) is 30.1 Å². The molecule has 6 nitrogen and oxygen atoms in total. The number of aliphatic hydroxyl groups excluding tert-OH is 1. The molecule has 3 rings (SSSR count). The molecule has 0 bridgehead atoms. The van der Waals surface area contributed by atoms with Gasteiger partial charge in [-0.1, -0.05) is 12.8 Å². The van der Waals surface area contributed by atoms with Crippen LogP contribution in [0.1, 0.15) is 43.2 Å². The number of hydrogen-bond acceptors (Lipinski definition) is 4. The molecule has 18 heavy (non-hydrogen) atoms. The predicted octanol–water partition coefficient (Wildman–Crippen LogP) is 1.13. The van der Waals surface area contributed by atoms with Gasteiger partial charge in [0, 0.05) is 6.20 Å². The van der Waals surface area contributed by atoms with Crippen molar-refractivity contribution in [1.82, 2.24) is 24.5 Å². The number of aromatic nitrogens is 5. The minimum Gasteiger partial charge on any atom is -0.388 e. The van der Waals surface area contributed by atoms with E-state index in [0.717, 1.165) is 5.69 Å². The lowest BCUT2D eigenvalue weighted by Gasteiger charge is -2.08. The molecule has 1 saturated carbocycles. The summed E-state index contributed by atoms with van der Waals surface area (Å²) in [5.41, 5.74) is 0.960. The van der Waals surface area contributed by atoms with E-state index in [-0.39, 0.29) is 6.61 Å². The molecule has 0 aromatic carbocycles. The first-order valence-corrected chi connectivity index (χ1v) is 6.38. The van der Waals surface area contributed by atoms with Crippen molar-refractivity contribution in [2.24, 2.45) is 0 Å². The molecule has 2 aromatic heterocycles. The van der Waals surface area contributed by atoms with Gasteiger partial charge in [-0.2, -0.15) is 10.2 Å². The minimum absolute atomic E-state index is 0.0939. The molecular formula is C12H17N5O. The van der Waals surface area contributed by atoms with E-state index in [1.54, 1.807) is 4.68 Å². The average molecular weight is 247 g/mol. The molecule has 0 spiro atoms. The lowest BCUT2D eigenvalue weighted by molar-refractivity contribution is 0.263. The van der Waals surface area contributed by atoms with Crippen molar-refractivity contribution in [3.63, 3.8) is 0 Å². The molecule has 96 valence electrons. The summed E-state index contributed by atoms with van der Waals surface area (Å²) in [7, 11) is 0. The van der Waals surface area contributed by atoms with Gasteiger partial charge in [0.15, 0.2) is 5.82 Å². The second-order valence-electron chi connectivity index (χ2n) is 4.72. The monoisotopic (exact) mass is 247 g/mol. The second kappa shape index (κ2) is 4.89. The van der Waals surface area contributed by atoms with Crippen LogP contribution in [0.2, 0.25) is 0 Å². The summed E-state index contributed by atoms with van der Waals surface area (Å²) in [4.78, 5) is 3.98. The third-order valence-electron chi connectivity index (χ3n) is 3.51. The molecule has 6 heteroatoms. The van der Waals surface area contributed by atoms with Gasteiger partial charge < -0.3 is 5.11 Å². The Kier molecular flexibility index (Phi) is 3.10. The summed E-state index contributed by atoms with van der Waals surface area (Å²) in [6.45, 7) is 0.471. The van der Waals surface area contributed by atoms with E-state index in [9.17, 15) is 0 Å². The Labute approximate surface area is 105 Å². The fourth-order valence-electron chi connectivity index (χ4n) is 2.53. The van der Waals surface area contributed by atoms with Crippen LogP contribution in [0.5, 0.6) is 0 Å². The van der Waals surface area contributed by atoms with Gasteiger partial charge >= 0.3 is 0 Å². The van der Waals surface area contributed by atoms with Crippen LogP contribution in [-0.2, 0) is 13.2 Å². The first-order chi connectivity index (χ1) is 8.86. The van der Waals surface area contributed by atoms with Crippen LogP contribution in [0.3, 0.4) is 0 Å². The summed E-state index contributed by atoms with van der Waals surface area (Å²) in [6.07, 6.45) is 8.56. The first kappa shape index (κ1) is 11.4. The van der Waals surface area contributed by atoms with Crippen molar-refractivity contribution < 1.29 is 5.11 Å². The van der Waals surface area contributed by atoms with Crippen LogP contribution in [0.15, 0.2) is 18.6 Å². The van der Waals surface area contributed by atoms with E-state index in [4.69, 9.17) is 5.11 Å². The molecule has 0 radical (unpaired) electrons. The van der Waals surface area contributed by atoms with Gasteiger partial charge in [-0.25, -0.2) is 9.67 Å². The summed E-state index contributed by atoms with van der Waals surface area (Å²) >= 11 is 0. The molecular weight excluding hydrogens is 230 g/mol. The van der Waals surface area contributed by atoms with Gasteiger partial charge in [0.05, 0.1) is 18.3 Å². The van der Waals surface area contributed by atoms with Crippen molar-refractivity contribution in [2.45, 2.75) is 44.9 Å². The zero-order valence-corrected chi connectivity index (χ0v) is 10.2. The van der Waals surface area contributed by atoms with Gasteiger partial charge in [-0.15, -0.1) is 0 Å². The molecule has 1 aliphatic rings. The van der Waals surface area contributed by atoms with Crippen LogP contribution in [0, 0.1) is 0 Å². The van der Waals surface area contributed by atoms with Crippen molar-refractivity contribution in [1.29, 1.82) is 0 Å². The largest absolute Gasteiger partial charge is 0.388 e. The molecule has 2 aromatic rings. The molecule has 0 amide bonds. The third-order valence-corrected chi connectivity index (χ3v) is 3.51. The number of aliphatic hydroxyl groups is 1. The Morgan fingerprint density at radius 1 is 1.33 bits per heavy atom. The van der Waals surface area contributed by atoms with Crippen molar-refractivity contribution >= 4 is 0 Å². The predicted molar refractivity (Wildman–Crippen MR) is 64.8 cm³/mol. The molecule has 0 unspecified atom stereocenters. The second-order valence-corrected chi connectivity index (χ2v) is 4.72. The highest BCUT2D eigenvalue weighted by Gasteiger charge is 2.17. The van der Waals surface area contributed by atoms with Crippen molar-refractivity contribution in [2.75, 3.05) is 0 Å². The zero-order chi connectivity index (χ0) is 12.4. The molecule has 0 aliphatic heterocycles. The highest BCUT2D eigenvalue weighted by molar-refractivity contribution is 5.01. The summed E-state index contributed by atoms with van der Waals surface area (Å²) in [5, 5.41) is 17.8. The Balaban J connectivity index is 1.73. The first-order valence-electron chi connectivity index (χ1n) is 6.38. The van der Waals surface area contributed by atoms with E-state index in [1.807, 2.05) is 12.3 Å². The summed E-state index contributed by atoms with van der Waals surface area (Å²) in [6, 6.07) is 2.58. The SMILES string of the molecule is OCc1ncnn1Cc1ccn(C2CCCC2)n1. The van der Waals surface area contributed by atoms with E-state index >= 15 is 0 Å². The van der Waals surface area contributed by atoms with Gasteiger partial charge in [0.25, 0.3) is 0 Å². The maximum atomic E-state index is 9.11. The fraction of sp³-hybridized carbons (Fsp3) is 0.583. The van der Waals surface area contributed by atoms with E-state index in [1.165, 1.54) is 32.0 Å². The average Bonchev–Trinajstić information content (AvgIpc) is 3.10. The lowest BCUT2D eigenvalue weighted by atomic mass is 10.3. The van der Waals surface area contributed by atoms with Crippen LogP contribution in [-0.4, -0.2) is 29.7 Å². The number of nitrogens with zero attached hydrogens (tertiary/aromatic N) is 5. The van der Waals surface area contributed by atoms with E-state index in [2.05, 4.69) is 19.9 Å². The summed E-state index contributed by atoms with van der Waals surface area (Å²) < 4.78 is 3.75. The lowest BCUT2D eigenvalue weighted by Crippen LogP contribution is -2.09. The van der Waals surface area contributed by atoms with Crippen molar-refractivity contribution in [3.8, 4) is 0 Å². The maximum Gasteiger partial charge on any atom is 0.152 e. The number of rotatable bonds is 4. The molecule has 2 heterocycles. The summed E-state index contributed by atoms with van der Waals surface area (Å²) in [5.74, 6) is 0.574. The highest BCUT2D eigenvalue weighted by atomic mass is 16.3. The smallest absolute Gasteiger partial charge is 0.152 e. The zero-order valence-electron chi connectivity index (χ0n) is 10.2. The standard InChI is InChI=1S/C12H17N5O/c18-8-12-13-9-14-17(12)7-10-5-6-16(15-10)11-3-1-2-4-11/h5-6,9,11,18H,1-4,7-8H2. The van der Waals surface area contributed by atoms with E-state index in [0.29, 0.717) is 18.4 Å². The Morgan fingerprint density at radius 3 is 2.94 bits per heavy atom. The quantitative estimate of drug-likeness (QED) is 0.879. The molecule has 1 aliphatic carbocycles. The normalized spacial score (nSPS) is 16.5. The molecule has 1 fully saturated rings. The maximum absolute atomic E-state index is 9.11.